The molecular formula is C10H9F3OS. The van der Waals surface area contributed by atoms with E-state index in [4.69, 9.17) is 0 Å². The summed E-state index contributed by atoms with van der Waals surface area (Å²) in [4.78, 5) is 11.4. The molecule has 5 heteroatoms. The number of ketones is 1. The highest BCUT2D eigenvalue weighted by atomic mass is 32.2. The van der Waals surface area contributed by atoms with Crippen molar-refractivity contribution in [3.05, 3.63) is 29.8 Å². The molecule has 0 bridgehead atoms. The fraction of sp³-hybridized carbons (Fsp3) is 0.300. The van der Waals surface area contributed by atoms with Crippen LogP contribution in [0.15, 0.2) is 29.2 Å². The topological polar surface area (TPSA) is 17.1 Å². The van der Waals surface area contributed by atoms with E-state index in [0.29, 0.717) is 22.2 Å². The van der Waals surface area contributed by atoms with Gasteiger partial charge in [-0.15, -0.1) is 11.8 Å². The summed E-state index contributed by atoms with van der Waals surface area (Å²) in [6.07, 6.45) is -4.18. The first-order valence-electron chi connectivity index (χ1n) is 4.19. The Bertz CT molecular complexity index is 360. The van der Waals surface area contributed by atoms with Crippen LogP contribution in [0, 0.1) is 0 Å². The minimum Gasteiger partial charge on any atom is -0.295 e. The standard InChI is InChI=1S/C10H9F3OS/c1-7(14)8-3-2-4-9(5-8)15-6-10(11,12)13/h2-5H,6H2,1H3. The third kappa shape index (κ3) is 4.38. The average molecular weight is 234 g/mol. The lowest BCUT2D eigenvalue weighted by Gasteiger charge is -2.06. The zero-order valence-electron chi connectivity index (χ0n) is 7.97. The summed E-state index contributed by atoms with van der Waals surface area (Å²) >= 11 is 0.682. The lowest BCUT2D eigenvalue weighted by Crippen LogP contribution is -2.10. The van der Waals surface area contributed by atoms with Crippen LogP contribution in [0.25, 0.3) is 0 Å². The summed E-state index contributed by atoms with van der Waals surface area (Å²) in [5, 5.41) is 0. The Hall–Kier alpha value is -0.970. The van der Waals surface area contributed by atoms with Crippen molar-refractivity contribution < 1.29 is 18.0 Å². The summed E-state index contributed by atoms with van der Waals surface area (Å²) in [5.41, 5.74) is 0.433. The molecule has 0 radical (unpaired) electrons. The molecule has 0 aromatic heterocycles. The van der Waals surface area contributed by atoms with E-state index in [1.165, 1.54) is 13.0 Å². The molecule has 15 heavy (non-hydrogen) atoms. The van der Waals surface area contributed by atoms with Crippen LogP contribution in [0.1, 0.15) is 17.3 Å². The zero-order chi connectivity index (χ0) is 11.5. The van der Waals surface area contributed by atoms with Crippen molar-refractivity contribution in [1.29, 1.82) is 0 Å². The second-order valence-corrected chi connectivity index (χ2v) is 4.04. The van der Waals surface area contributed by atoms with E-state index in [1.54, 1.807) is 18.2 Å². The Morgan fingerprint density at radius 2 is 2.07 bits per heavy atom. The van der Waals surface area contributed by atoms with Gasteiger partial charge in [0.1, 0.15) is 0 Å². The largest absolute Gasteiger partial charge is 0.398 e. The fourth-order valence-electron chi connectivity index (χ4n) is 0.970. The number of hydrogen-bond donors (Lipinski definition) is 0. The highest BCUT2D eigenvalue weighted by Crippen LogP contribution is 2.27. The maximum atomic E-state index is 11.9. The molecule has 1 nitrogen and oxygen atoms in total. The number of thioether (sulfide) groups is 1. The molecule has 0 fully saturated rings. The molecule has 0 aliphatic rings. The second-order valence-electron chi connectivity index (χ2n) is 2.99. The van der Waals surface area contributed by atoms with Gasteiger partial charge < -0.3 is 0 Å². The molecule has 0 atom stereocenters. The average Bonchev–Trinajstić information content (AvgIpc) is 2.14. The number of benzene rings is 1. The Balaban J connectivity index is 2.70. The molecule has 1 aromatic rings. The van der Waals surface area contributed by atoms with Crippen molar-refractivity contribution in [1.82, 2.24) is 0 Å². The van der Waals surface area contributed by atoms with Crippen molar-refractivity contribution in [2.24, 2.45) is 0 Å². The molecule has 82 valence electrons. The lowest BCUT2D eigenvalue weighted by molar-refractivity contribution is -0.105. The van der Waals surface area contributed by atoms with Crippen LogP contribution < -0.4 is 0 Å². The van der Waals surface area contributed by atoms with Gasteiger partial charge in [-0.1, -0.05) is 12.1 Å². The smallest absolute Gasteiger partial charge is 0.295 e. The first kappa shape index (κ1) is 12.1. The van der Waals surface area contributed by atoms with Gasteiger partial charge in [-0.05, 0) is 19.1 Å². The van der Waals surface area contributed by atoms with E-state index < -0.39 is 11.9 Å². The van der Waals surface area contributed by atoms with E-state index >= 15 is 0 Å². The molecule has 0 aliphatic carbocycles. The predicted octanol–water partition coefficient (Wildman–Crippen LogP) is 3.54. The summed E-state index contributed by atoms with van der Waals surface area (Å²) in [6.45, 7) is 1.38. The third-order valence-electron chi connectivity index (χ3n) is 1.64. The Morgan fingerprint density at radius 1 is 1.40 bits per heavy atom. The molecular weight excluding hydrogens is 225 g/mol. The van der Waals surface area contributed by atoms with Crippen LogP contribution in [-0.4, -0.2) is 17.7 Å². The maximum absolute atomic E-state index is 11.9. The van der Waals surface area contributed by atoms with Crippen LogP contribution in [0.4, 0.5) is 13.2 Å². The highest BCUT2D eigenvalue weighted by molar-refractivity contribution is 7.99. The van der Waals surface area contributed by atoms with Gasteiger partial charge in [-0.3, -0.25) is 4.79 Å². The normalized spacial score (nSPS) is 11.5. The molecule has 0 amide bonds. The van der Waals surface area contributed by atoms with Gasteiger partial charge in [0.05, 0.1) is 5.75 Å². The van der Waals surface area contributed by atoms with Crippen LogP contribution in [0.2, 0.25) is 0 Å². The van der Waals surface area contributed by atoms with E-state index in [9.17, 15) is 18.0 Å². The molecule has 0 heterocycles. The monoisotopic (exact) mass is 234 g/mol. The van der Waals surface area contributed by atoms with Crippen molar-refractivity contribution in [2.45, 2.75) is 18.0 Å². The maximum Gasteiger partial charge on any atom is 0.398 e. The first-order valence-corrected chi connectivity index (χ1v) is 5.17. The van der Waals surface area contributed by atoms with Gasteiger partial charge in [0, 0.05) is 10.5 Å². The SMILES string of the molecule is CC(=O)c1cccc(SCC(F)(F)F)c1. The number of Topliss-reactive ketones (excluding diaryl/α,β-unsaturated/α-hetero) is 1. The van der Waals surface area contributed by atoms with Gasteiger partial charge >= 0.3 is 6.18 Å². The Kier molecular flexibility index (Phi) is 3.79. The van der Waals surface area contributed by atoms with Crippen molar-refractivity contribution >= 4 is 17.5 Å². The first-order chi connectivity index (χ1) is 6.88. The van der Waals surface area contributed by atoms with Crippen molar-refractivity contribution in [2.75, 3.05) is 5.75 Å². The Labute approximate surface area is 89.7 Å². The molecule has 0 aliphatic heterocycles. The quantitative estimate of drug-likeness (QED) is 0.587. The number of hydrogen-bond acceptors (Lipinski definition) is 2. The van der Waals surface area contributed by atoms with Crippen LogP contribution in [0.3, 0.4) is 0 Å². The fourth-order valence-corrected chi connectivity index (χ4v) is 1.69. The number of halogens is 3. The minimum atomic E-state index is -4.18. The number of alkyl halides is 3. The van der Waals surface area contributed by atoms with E-state index in [-0.39, 0.29) is 5.78 Å². The Morgan fingerprint density at radius 3 is 2.60 bits per heavy atom. The molecule has 0 saturated carbocycles. The third-order valence-corrected chi connectivity index (χ3v) is 2.70. The number of carbonyl (C=O) groups is 1. The van der Waals surface area contributed by atoms with Crippen LogP contribution in [-0.2, 0) is 0 Å². The van der Waals surface area contributed by atoms with Crippen LogP contribution >= 0.6 is 11.8 Å². The van der Waals surface area contributed by atoms with Gasteiger partial charge in [0.2, 0.25) is 0 Å². The van der Waals surface area contributed by atoms with Crippen molar-refractivity contribution in [3.63, 3.8) is 0 Å². The predicted molar refractivity (Wildman–Crippen MR) is 53.2 cm³/mol. The van der Waals surface area contributed by atoms with E-state index in [0.717, 1.165) is 0 Å². The van der Waals surface area contributed by atoms with Crippen molar-refractivity contribution in [3.8, 4) is 0 Å². The minimum absolute atomic E-state index is 0.149. The molecule has 1 aromatic carbocycles. The number of rotatable bonds is 3. The zero-order valence-corrected chi connectivity index (χ0v) is 8.78. The highest BCUT2D eigenvalue weighted by Gasteiger charge is 2.27. The summed E-state index contributed by atoms with van der Waals surface area (Å²) in [6, 6.07) is 6.19. The summed E-state index contributed by atoms with van der Waals surface area (Å²) in [7, 11) is 0. The molecule has 0 spiro atoms. The molecule has 0 unspecified atom stereocenters. The van der Waals surface area contributed by atoms with Gasteiger partial charge in [-0.2, -0.15) is 13.2 Å². The molecule has 0 N–H and O–H groups in total. The van der Waals surface area contributed by atoms with Gasteiger partial charge in [0.25, 0.3) is 0 Å². The van der Waals surface area contributed by atoms with Crippen LogP contribution in [0.5, 0.6) is 0 Å². The van der Waals surface area contributed by atoms with E-state index in [1.807, 2.05) is 0 Å². The summed E-state index contributed by atoms with van der Waals surface area (Å²) in [5.74, 6) is -1.08. The van der Waals surface area contributed by atoms with Gasteiger partial charge in [0.15, 0.2) is 5.78 Å². The second kappa shape index (κ2) is 4.70. The van der Waals surface area contributed by atoms with Gasteiger partial charge in [-0.25, -0.2) is 0 Å². The molecule has 1 rings (SSSR count). The lowest BCUT2D eigenvalue weighted by atomic mass is 10.2. The summed E-state index contributed by atoms with van der Waals surface area (Å²) < 4.78 is 35.7. The molecule has 0 saturated heterocycles. The number of carbonyl (C=O) groups excluding carboxylic acids is 1. The van der Waals surface area contributed by atoms with E-state index in [2.05, 4.69) is 0 Å².